The zero-order valence-corrected chi connectivity index (χ0v) is 11.7. The number of nitrogens with zero attached hydrogens (tertiary/aromatic N) is 2. The van der Waals surface area contributed by atoms with E-state index in [9.17, 15) is 4.39 Å². The molecular formula is C15H22FN3. The molecule has 1 aromatic rings. The molecule has 1 atom stereocenters. The molecule has 2 N–H and O–H groups in total. The molecule has 0 aromatic heterocycles. The number of rotatable bonds is 5. The van der Waals surface area contributed by atoms with Gasteiger partial charge < -0.3 is 10.6 Å². The molecule has 3 nitrogen and oxygen atoms in total. The van der Waals surface area contributed by atoms with E-state index in [2.05, 4.69) is 18.8 Å². The zero-order valence-electron chi connectivity index (χ0n) is 11.7. The maximum atomic E-state index is 14.1. The Morgan fingerprint density at radius 2 is 2.11 bits per heavy atom. The third-order valence-electron chi connectivity index (χ3n) is 3.99. The molecule has 4 heteroatoms. The predicted molar refractivity (Wildman–Crippen MR) is 77.9 cm³/mol. The molecule has 104 valence electrons. The van der Waals surface area contributed by atoms with Crippen LogP contribution in [0.3, 0.4) is 0 Å². The molecule has 1 aliphatic rings. The van der Waals surface area contributed by atoms with E-state index < -0.39 is 0 Å². The van der Waals surface area contributed by atoms with Crippen LogP contribution in [-0.2, 0) is 0 Å². The number of para-hydroxylation sites is 1. The summed E-state index contributed by atoms with van der Waals surface area (Å²) >= 11 is 0. The second-order valence-electron chi connectivity index (χ2n) is 5.14. The zero-order chi connectivity index (χ0) is 13.9. The Labute approximate surface area is 114 Å². The van der Waals surface area contributed by atoms with Gasteiger partial charge >= 0.3 is 0 Å². The van der Waals surface area contributed by atoms with Gasteiger partial charge in [-0.15, -0.1) is 0 Å². The average Bonchev–Trinajstić information content (AvgIpc) is 2.75. The second kappa shape index (κ2) is 5.59. The SMILES string of the molecule is CCCCC1(CC)CN=C(N)N1c1ccccc1F. The van der Waals surface area contributed by atoms with Gasteiger partial charge in [-0.05, 0) is 25.0 Å². The topological polar surface area (TPSA) is 41.6 Å². The fourth-order valence-electron chi connectivity index (χ4n) is 2.77. The first kappa shape index (κ1) is 13.8. The van der Waals surface area contributed by atoms with Crippen molar-refractivity contribution in [2.24, 2.45) is 10.7 Å². The van der Waals surface area contributed by atoms with Gasteiger partial charge in [-0.25, -0.2) is 4.39 Å². The maximum Gasteiger partial charge on any atom is 0.196 e. The number of anilines is 1. The molecule has 1 aliphatic heterocycles. The summed E-state index contributed by atoms with van der Waals surface area (Å²) in [5.41, 5.74) is 6.39. The predicted octanol–water partition coefficient (Wildman–Crippen LogP) is 3.30. The highest BCUT2D eigenvalue weighted by Gasteiger charge is 2.41. The summed E-state index contributed by atoms with van der Waals surface area (Å²) in [4.78, 5) is 6.27. The monoisotopic (exact) mass is 263 g/mol. The Hall–Kier alpha value is -1.58. The number of hydrogen-bond donors (Lipinski definition) is 1. The van der Waals surface area contributed by atoms with Crippen LogP contribution in [0.25, 0.3) is 0 Å². The van der Waals surface area contributed by atoms with Gasteiger partial charge in [-0.2, -0.15) is 0 Å². The molecule has 1 heterocycles. The molecular weight excluding hydrogens is 241 g/mol. The number of guanidine groups is 1. The van der Waals surface area contributed by atoms with Gasteiger partial charge in [0.1, 0.15) is 5.82 Å². The molecule has 0 bridgehead atoms. The quantitative estimate of drug-likeness (QED) is 0.885. The lowest BCUT2D eigenvalue weighted by Crippen LogP contribution is -2.52. The van der Waals surface area contributed by atoms with Crippen molar-refractivity contribution in [1.29, 1.82) is 0 Å². The fourth-order valence-corrected chi connectivity index (χ4v) is 2.77. The van der Waals surface area contributed by atoms with Gasteiger partial charge in [0.05, 0.1) is 17.8 Å². The van der Waals surface area contributed by atoms with Gasteiger partial charge in [0.15, 0.2) is 5.96 Å². The molecule has 0 radical (unpaired) electrons. The lowest BCUT2D eigenvalue weighted by molar-refractivity contribution is 0.391. The summed E-state index contributed by atoms with van der Waals surface area (Å²) in [5, 5.41) is 0. The highest BCUT2D eigenvalue weighted by atomic mass is 19.1. The summed E-state index contributed by atoms with van der Waals surface area (Å²) in [6.45, 7) is 4.94. The van der Waals surface area contributed by atoms with Crippen LogP contribution in [0.15, 0.2) is 29.3 Å². The van der Waals surface area contributed by atoms with E-state index in [0.717, 1.165) is 25.7 Å². The van der Waals surface area contributed by atoms with Crippen molar-refractivity contribution in [2.75, 3.05) is 11.4 Å². The lowest BCUT2D eigenvalue weighted by Gasteiger charge is -2.39. The third-order valence-corrected chi connectivity index (χ3v) is 3.99. The minimum atomic E-state index is -0.239. The van der Waals surface area contributed by atoms with Crippen LogP contribution in [0.4, 0.5) is 10.1 Å². The maximum absolute atomic E-state index is 14.1. The average molecular weight is 263 g/mol. The van der Waals surface area contributed by atoms with Crippen molar-refractivity contribution < 1.29 is 4.39 Å². The van der Waals surface area contributed by atoms with E-state index in [1.54, 1.807) is 12.1 Å². The number of aliphatic imine (C=N–C) groups is 1. The molecule has 2 rings (SSSR count). The molecule has 1 aromatic carbocycles. The molecule has 19 heavy (non-hydrogen) atoms. The van der Waals surface area contributed by atoms with Gasteiger partial charge in [0.2, 0.25) is 0 Å². The minimum absolute atomic E-state index is 0.164. The van der Waals surface area contributed by atoms with Gasteiger partial charge in [-0.3, -0.25) is 4.99 Å². The molecule has 0 saturated heterocycles. The summed E-state index contributed by atoms with van der Waals surface area (Å²) in [7, 11) is 0. The van der Waals surface area contributed by atoms with Crippen LogP contribution in [-0.4, -0.2) is 18.0 Å². The van der Waals surface area contributed by atoms with Gasteiger partial charge in [0.25, 0.3) is 0 Å². The first-order valence-corrected chi connectivity index (χ1v) is 6.99. The molecule has 0 spiro atoms. The first-order valence-electron chi connectivity index (χ1n) is 6.99. The van der Waals surface area contributed by atoms with E-state index in [-0.39, 0.29) is 11.4 Å². The molecule has 0 saturated carbocycles. The van der Waals surface area contributed by atoms with E-state index >= 15 is 0 Å². The number of nitrogens with two attached hydrogens (primary N) is 1. The Balaban J connectivity index is 2.38. The highest BCUT2D eigenvalue weighted by Crippen LogP contribution is 2.36. The number of benzene rings is 1. The third kappa shape index (κ3) is 2.44. The molecule has 0 amide bonds. The second-order valence-corrected chi connectivity index (χ2v) is 5.14. The Bertz CT molecular complexity index is 472. The van der Waals surface area contributed by atoms with E-state index in [0.29, 0.717) is 18.2 Å². The Morgan fingerprint density at radius 3 is 2.74 bits per heavy atom. The van der Waals surface area contributed by atoms with Crippen LogP contribution < -0.4 is 10.6 Å². The number of unbranched alkanes of at least 4 members (excludes halogenated alkanes) is 1. The van der Waals surface area contributed by atoms with E-state index in [1.165, 1.54) is 6.07 Å². The standard InChI is InChI=1S/C15H22FN3/c1-3-5-10-15(4-2)11-18-14(17)19(15)13-9-7-6-8-12(13)16/h6-9H,3-5,10-11H2,1-2H3,(H2,17,18). The van der Waals surface area contributed by atoms with Gasteiger partial charge in [0, 0.05) is 0 Å². The molecule has 0 fully saturated rings. The lowest BCUT2D eigenvalue weighted by atomic mass is 9.88. The van der Waals surface area contributed by atoms with Gasteiger partial charge in [-0.1, -0.05) is 38.8 Å². The van der Waals surface area contributed by atoms with E-state index in [1.807, 2.05) is 11.0 Å². The van der Waals surface area contributed by atoms with Crippen molar-refractivity contribution in [2.45, 2.75) is 45.1 Å². The largest absolute Gasteiger partial charge is 0.369 e. The summed E-state index contributed by atoms with van der Waals surface area (Å²) in [5.74, 6) is 0.194. The number of hydrogen-bond acceptors (Lipinski definition) is 3. The first-order chi connectivity index (χ1) is 9.14. The summed E-state index contributed by atoms with van der Waals surface area (Å²) in [6, 6.07) is 6.78. The van der Waals surface area contributed by atoms with Crippen molar-refractivity contribution in [3.05, 3.63) is 30.1 Å². The Kier molecular flexibility index (Phi) is 4.08. The van der Waals surface area contributed by atoms with E-state index in [4.69, 9.17) is 5.73 Å². The van der Waals surface area contributed by atoms with Crippen molar-refractivity contribution >= 4 is 11.6 Å². The van der Waals surface area contributed by atoms with Crippen molar-refractivity contribution in [1.82, 2.24) is 0 Å². The van der Waals surface area contributed by atoms with Crippen LogP contribution in [0.1, 0.15) is 39.5 Å². The fraction of sp³-hybridized carbons (Fsp3) is 0.533. The minimum Gasteiger partial charge on any atom is -0.369 e. The van der Waals surface area contributed by atoms with Crippen molar-refractivity contribution in [3.8, 4) is 0 Å². The Morgan fingerprint density at radius 1 is 1.37 bits per heavy atom. The van der Waals surface area contributed by atoms with Crippen LogP contribution >= 0.6 is 0 Å². The highest BCUT2D eigenvalue weighted by molar-refractivity contribution is 5.98. The normalized spacial score (nSPS) is 22.7. The van der Waals surface area contributed by atoms with Crippen LogP contribution in [0, 0.1) is 5.82 Å². The molecule has 0 aliphatic carbocycles. The van der Waals surface area contributed by atoms with Crippen LogP contribution in [0.5, 0.6) is 0 Å². The van der Waals surface area contributed by atoms with Crippen LogP contribution in [0.2, 0.25) is 0 Å². The molecule has 1 unspecified atom stereocenters. The summed E-state index contributed by atoms with van der Waals surface area (Å²) in [6.07, 6.45) is 4.11. The number of halogens is 1. The summed E-state index contributed by atoms with van der Waals surface area (Å²) < 4.78 is 14.1. The smallest absolute Gasteiger partial charge is 0.196 e. The van der Waals surface area contributed by atoms with Crippen molar-refractivity contribution in [3.63, 3.8) is 0 Å².